The van der Waals surface area contributed by atoms with Gasteiger partial charge in [0.15, 0.2) is 4.80 Å². The van der Waals surface area contributed by atoms with Crippen molar-refractivity contribution < 1.29 is 19.1 Å². The van der Waals surface area contributed by atoms with Gasteiger partial charge in [0.25, 0.3) is 5.56 Å². The molecule has 33 heavy (non-hydrogen) atoms. The van der Waals surface area contributed by atoms with Crippen LogP contribution in [-0.2, 0) is 14.3 Å². The van der Waals surface area contributed by atoms with Crippen molar-refractivity contribution in [2.24, 2.45) is 4.99 Å². The van der Waals surface area contributed by atoms with Gasteiger partial charge in [-0.15, -0.1) is 0 Å². The summed E-state index contributed by atoms with van der Waals surface area (Å²) >= 11 is 1.26. The van der Waals surface area contributed by atoms with Gasteiger partial charge in [-0.25, -0.2) is 14.6 Å². The zero-order chi connectivity index (χ0) is 23.7. The Hall–Kier alpha value is -3.78. The van der Waals surface area contributed by atoms with Crippen LogP contribution in [0.25, 0.3) is 6.08 Å². The molecule has 2 aromatic carbocycles. The van der Waals surface area contributed by atoms with Crippen LogP contribution >= 0.6 is 11.3 Å². The number of carbonyl (C=O) groups excluding carboxylic acids is 2. The fourth-order valence-electron chi connectivity index (χ4n) is 3.74. The molecule has 3 aromatic rings. The first-order valence-corrected chi connectivity index (χ1v) is 11.0. The molecule has 0 saturated carbocycles. The number of ether oxygens (including phenoxy) is 2. The lowest BCUT2D eigenvalue weighted by Gasteiger charge is -2.24. The van der Waals surface area contributed by atoms with E-state index in [4.69, 9.17) is 9.47 Å². The van der Waals surface area contributed by atoms with Crippen molar-refractivity contribution in [2.75, 3.05) is 14.2 Å². The lowest BCUT2D eigenvalue weighted by molar-refractivity contribution is -0.136. The van der Waals surface area contributed by atoms with E-state index in [0.29, 0.717) is 26.2 Å². The summed E-state index contributed by atoms with van der Waals surface area (Å²) in [5, 5.41) is 0. The predicted octanol–water partition coefficient (Wildman–Crippen LogP) is 2.50. The number of aromatic nitrogens is 1. The zero-order valence-corrected chi connectivity index (χ0v) is 19.4. The Labute approximate surface area is 193 Å². The normalized spacial score (nSPS) is 15.6. The summed E-state index contributed by atoms with van der Waals surface area (Å²) in [5.74, 6) is -1.03. The third-order valence-corrected chi connectivity index (χ3v) is 6.43. The Morgan fingerprint density at radius 3 is 2.21 bits per heavy atom. The molecule has 1 aliphatic heterocycles. The smallest absolute Gasteiger partial charge is 0.338 e. The maximum atomic E-state index is 13.5. The first-order valence-electron chi connectivity index (χ1n) is 10.2. The highest BCUT2D eigenvalue weighted by molar-refractivity contribution is 7.07. The predicted molar refractivity (Wildman–Crippen MR) is 125 cm³/mol. The van der Waals surface area contributed by atoms with E-state index in [9.17, 15) is 14.4 Å². The van der Waals surface area contributed by atoms with Crippen molar-refractivity contribution in [3.05, 3.63) is 102 Å². The van der Waals surface area contributed by atoms with E-state index in [0.717, 1.165) is 11.1 Å². The molecule has 2 heterocycles. The Bertz CT molecular complexity index is 1440. The molecule has 8 heteroatoms. The number of carbonyl (C=O) groups is 2. The van der Waals surface area contributed by atoms with Gasteiger partial charge in [-0.1, -0.05) is 53.3 Å². The maximum absolute atomic E-state index is 13.5. The van der Waals surface area contributed by atoms with Crippen LogP contribution in [0.4, 0.5) is 0 Å². The van der Waals surface area contributed by atoms with Crippen LogP contribution in [0.5, 0.6) is 0 Å². The van der Waals surface area contributed by atoms with Gasteiger partial charge < -0.3 is 9.47 Å². The number of rotatable bonds is 4. The Balaban J connectivity index is 1.92. The molecule has 1 atom stereocenters. The molecule has 168 valence electrons. The van der Waals surface area contributed by atoms with Gasteiger partial charge in [-0.3, -0.25) is 9.36 Å². The lowest BCUT2D eigenvalue weighted by atomic mass is 9.95. The van der Waals surface area contributed by atoms with E-state index in [-0.39, 0.29) is 11.1 Å². The van der Waals surface area contributed by atoms with E-state index < -0.39 is 18.0 Å². The second-order valence-electron chi connectivity index (χ2n) is 7.60. The summed E-state index contributed by atoms with van der Waals surface area (Å²) in [6, 6.07) is 13.7. The van der Waals surface area contributed by atoms with Gasteiger partial charge in [0, 0.05) is 0 Å². The van der Waals surface area contributed by atoms with Crippen LogP contribution in [0, 0.1) is 6.92 Å². The summed E-state index contributed by atoms with van der Waals surface area (Å²) in [5.41, 5.74) is 3.55. The first-order chi connectivity index (χ1) is 15.8. The fraction of sp³-hybridized carbons (Fsp3) is 0.200. The van der Waals surface area contributed by atoms with E-state index >= 15 is 0 Å². The van der Waals surface area contributed by atoms with Crippen LogP contribution in [-0.4, -0.2) is 30.7 Å². The van der Waals surface area contributed by atoms with Gasteiger partial charge in [0.2, 0.25) is 0 Å². The molecule has 0 radical (unpaired) electrons. The molecule has 1 unspecified atom stereocenters. The van der Waals surface area contributed by atoms with Crippen molar-refractivity contribution in [2.45, 2.75) is 19.9 Å². The van der Waals surface area contributed by atoms with Crippen LogP contribution in [0.1, 0.15) is 40.0 Å². The number of allylic oxidation sites excluding steroid dienone is 1. The minimum absolute atomic E-state index is 0.254. The third-order valence-electron chi connectivity index (χ3n) is 5.45. The average molecular weight is 463 g/mol. The van der Waals surface area contributed by atoms with Gasteiger partial charge in [0.05, 0.1) is 41.6 Å². The zero-order valence-electron chi connectivity index (χ0n) is 18.6. The number of methoxy groups -OCH3 is 2. The average Bonchev–Trinajstić information content (AvgIpc) is 3.13. The molecule has 0 N–H and O–H groups in total. The Kier molecular flexibility index (Phi) is 6.11. The molecule has 0 saturated heterocycles. The number of hydrogen-bond acceptors (Lipinski definition) is 7. The summed E-state index contributed by atoms with van der Waals surface area (Å²) in [6.07, 6.45) is 1.82. The van der Waals surface area contributed by atoms with Gasteiger partial charge in [0.1, 0.15) is 0 Å². The largest absolute Gasteiger partial charge is 0.466 e. The summed E-state index contributed by atoms with van der Waals surface area (Å²) in [7, 11) is 2.60. The molecule has 0 aliphatic carbocycles. The Morgan fingerprint density at radius 1 is 0.970 bits per heavy atom. The lowest BCUT2D eigenvalue weighted by Crippen LogP contribution is -2.39. The molecule has 1 aromatic heterocycles. The number of fused-ring (bicyclic) bond motifs is 1. The standard InChI is InChI=1S/C25H22N2O5S/c1-14-5-7-16(8-6-14)13-19-22(28)27-21(17-9-11-18(12-10-17)23(29)31-3)20(24(30)32-4)15(2)26-25(27)33-19/h5-13,21H,1-4H3/b19-13+. The number of nitrogens with zero attached hydrogens (tertiary/aromatic N) is 2. The molecule has 0 spiro atoms. The molecule has 4 rings (SSSR count). The molecule has 0 amide bonds. The van der Waals surface area contributed by atoms with E-state index in [1.54, 1.807) is 31.2 Å². The molecular weight excluding hydrogens is 440 g/mol. The number of hydrogen-bond donors (Lipinski definition) is 0. The summed E-state index contributed by atoms with van der Waals surface area (Å²) in [4.78, 5) is 43.1. The SMILES string of the molecule is COC(=O)C1=C(C)N=c2s/c(=C/c3ccc(C)cc3)c(=O)n2C1c1ccc(C(=O)OC)cc1. The van der Waals surface area contributed by atoms with Gasteiger partial charge in [-0.05, 0) is 43.2 Å². The summed E-state index contributed by atoms with van der Waals surface area (Å²) < 4.78 is 11.8. The quantitative estimate of drug-likeness (QED) is 0.556. The highest BCUT2D eigenvalue weighted by Crippen LogP contribution is 2.30. The van der Waals surface area contributed by atoms with Crippen LogP contribution in [0.15, 0.2) is 69.6 Å². The molecule has 7 nitrogen and oxygen atoms in total. The van der Waals surface area contributed by atoms with E-state index in [1.807, 2.05) is 37.3 Å². The fourth-order valence-corrected chi connectivity index (χ4v) is 4.79. The molecule has 0 fully saturated rings. The van der Waals surface area contributed by atoms with Crippen molar-refractivity contribution in [1.29, 1.82) is 0 Å². The highest BCUT2D eigenvalue weighted by Gasteiger charge is 2.33. The number of esters is 2. The van der Waals surface area contributed by atoms with Gasteiger partial charge in [-0.2, -0.15) is 0 Å². The second kappa shape index (κ2) is 8.99. The van der Waals surface area contributed by atoms with Gasteiger partial charge >= 0.3 is 11.9 Å². The van der Waals surface area contributed by atoms with Crippen molar-refractivity contribution in [3.8, 4) is 0 Å². The van der Waals surface area contributed by atoms with Crippen molar-refractivity contribution in [1.82, 2.24) is 4.57 Å². The first kappa shape index (κ1) is 22.4. The van der Waals surface area contributed by atoms with E-state index in [1.165, 1.54) is 30.1 Å². The van der Waals surface area contributed by atoms with E-state index in [2.05, 4.69) is 4.99 Å². The monoisotopic (exact) mass is 462 g/mol. The Morgan fingerprint density at radius 2 is 1.61 bits per heavy atom. The minimum Gasteiger partial charge on any atom is -0.466 e. The van der Waals surface area contributed by atoms with Crippen molar-refractivity contribution in [3.63, 3.8) is 0 Å². The third kappa shape index (κ3) is 4.17. The summed E-state index contributed by atoms with van der Waals surface area (Å²) in [6.45, 7) is 3.72. The van der Waals surface area contributed by atoms with Crippen LogP contribution in [0.3, 0.4) is 0 Å². The molecule has 0 bridgehead atoms. The second-order valence-corrected chi connectivity index (χ2v) is 8.61. The number of thiazole rings is 1. The topological polar surface area (TPSA) is 87.0 Å². The number of benzene rings is 2. The number of aryl methyl sites for hydroxylation is 1. The van der Waals surface area contributed by atoms with Crippen molar-refractivity contribution >= 4 is 29.4 Å². The minimum atomic E-state index is -0.736. The van der Waals surface area contributed by atoms with Crippen LogP contribution < -0.4 is 14.9 Å². The maximum Gasteiger partial charge on any atom is 0.338 e. The highest BCUT2D eigenvalue weighted by atomic mass is 32.1. The molecule has 1 aliphatic rings. The molecular formula is C25H22N2O5S. The van der Waals surface area contributed by atoms with Crippen LogP contribution in [0.2, 0.25) is 0 Å².